The molecule has 0 saturated carbocycles. The number of rotatable bonds is 2. The zero-order valence-corrected chi connectivity index (χ0v) is 13.3. The molecule has 1 fully saturated rings. The standard InChI is InChI=1S/C18H14N2O2S/c1-12-7-5-6-8-13(12)11-15-16(21)19-18(23)20(17(15)22)14-9-3-2-4-10-14/h2-11H,1H3,(H,19,21,23)/b15-11+. The average Bonchev–Trinajstić information content (AvgIpc) is 2.54. The van der Waals surface area contributed by atoms with Gasteiger partial charge in [-0.15, -0.1) is 0 Å². The van der Waals surface area contributed by atoms with E-state index in [1.54, 1.807) is 18.2 Å². The Bertz CT molecular complexity index is 828. The molecule has 1 N–H and O–H groups in total. The van der Waals surface area contributed by atoms with Crippen LogP contribution in [0.2, 0.25) is 0 Å². The Kier molecular flexibility index (Phi) is 4.04. The van der Waals surface area contributed by atoms with Gasteiger partial charge in [-0.05, 0) is 48.5 Å². The fraction of sp³-hybridized carbons (Fsp3) is 0.0556. The fourth-order valence-corrected chi connectivity index (χ4v) is 2.65. The van der Waals surface area contributed by atoms with Gasteiger partial charge >= 0.3 is 0 Å². The minimum Gasteiger partial charge on any atom is -0.298 e. The second kappa shape index (κ2) is 6.14. The summed E-state index contributed by atoms with van der Waals surface area (Å²) in [6.07, 6.45) is 1.60. The van der Waals surface area contributed by atoms with E-state index in [0.29, 0.717) is 5.69 Å². The highest BCUT2D eigenvalue weighted by Gasteiger charge is 2.34. The Balaban J connectivity index is 2.04. The lowest BCUT2D eigenvalue weighted by molar-refractivity contribution is -0.122. The number of anilines is 1. The van der Waals surface area contributed by atoms with Crippen molar-refractivity contribution in [3.8, 4) is 0 Å². The lowest BCUT2D eigenvalue weighted by Crippen LogP contribution is -2.54. The van der Waals surface area contributed by atoms with Crippen molar-refractivity contribution in [2.45, 2.75) is 6.92 Å². The number of nitrogens with zero attached hydrogens (tertiary/aromatic N) is 1. The number of amides is 2. The van der Waals surface area contributed by atoms with Crippen molar-refractivity contribution < 1.29 is 9.59 Å². The molecule has 3 rings (SSSR count). The highest BCUT2D eigenvalue weighted by Crippen LogP contribution is 2.22. The van der Waals surface area contributed by atoms with Gasteiger partial charge in [0.2, 0.25) is 0 Å². The molecule has 114 valence electrons. The molecule has 0 aromatic heterocycles. The molecular formula is C18H14N2O2S. The van der Waals surface area contributed by atoms with Gasteiger partial charge in [-0.3, -0.25) is 19.8 Å². The molecule has 0 aliphatic carbocycles. The molecule has 0 spiro atoms. The zero-order valence-electron chi connectivity index (χ0n) is 12.4. The van der Waals surface area contributed by atoms with E-state index in [1.165, 1.54) is 4.90 Å². The number of carbonyl (C=O) groups excluding carboxylic acids is 2. The van der Waals surface area contributed by atoms with Crippen LogP contribution in [0.3, 0.4) is 0 Å². The first kappa shape index (κ1) is 15.1. The molecule has 0 atom stereocenters. The molecule has 1 heterocycles. The summed E-state index contributed by atoms with van der Waals surface area (Å²) in [5, 5.41) is 2.67. The van der Waals surface area contributed by atoms with Gasteiger partial charge in [-0.1, -0.05) is 42.5 Å². The van der Waals surface area contributed by atoms with Crippen molar-refractivity contribution in [2.75, 3.05) is 4.90 Å². The van der Waals surface area contributed by atoms with Gasteiger partial charge in [-0.25, -0.2) is 0 Å². The summed E-state index contributed by atoms with van der Waals surface area (Å²) in [5.41, 5.74) is 2.50. The highest BCUT2D eigenvalue weighted by molar-refractivity contribution is 7.80. The largest absolute Gasteiger partial charge is 0.298 e. The van der Waals surface area contributed by atoms with Crippen LogP contribution in [0.5, 0.6) is 0 Å². The van der Waals surface area contributed by atoms with E-state index >= 15 is 0 Å². The Morgan fingerprint density at radius 1 is 1.00 bits per heavy atom. The van der Waals surface area contributed by atoms with Crippen LogP contribution in [0.1, 0.15) is 11.1 Å². The summed E-state index contributed by atoms with van der Waals surface area (Å²) >= 11 is 5.15. The predicted octanol–water partition coefficient (Wildman–Crippen LogP) is 2.83. The maximum absolute atomic E-state index is 12.8. The first-order chi connectivity index (χ1) is 11.1. The van der Waals surface area contributed by atoms with E-state index in [2.05, 4.69) is 5.32 Å². The molecule has 0 unspecified atom stereocenters. The molecule has 23 heavy (non-hydrogen) atoms. The molecule has 1 aliphatic rings. The summed E-state index contributed by atoms with van der Waals surface area (Å²) in [6, 6.07) is 16.6. The maximum Gasteiger partial charge on any atom is 0.270 e. The smallest absolute Gasteiger partial charge is 0.270 e. The van der Waals surface area contributed by atoms with Crippen LogP contribution in [0.25, 0.3) is 6.08 Å². The third-order valence-electron chi connectivity index (χ3n) is 3.60. The second-order valence-corrected chi connectivity index (χ2v) is 5.54. The van der Waals surface area contributed by atoms with Crippen molar-refractivity contribution in [1.82, 2.24) is 5.32 Å². The van der Waals surface area contributed by atoms with Gasteiger partial charge in [0.25, 0.3) is 11.8 Å². The highest BCUT2D eigenvalue weighted by atomic mass is 32.1. The number of thiocarbonyl (C=S) groups is 1. The molecule has 2 aromatic rings. The molecule has 2 aromatic carbocycles. The first-order valence-electron chi connectivity index (χ1n) is 7.10. The molecule has 2 amide bonds. The van der Waals surface area contributed by atoms with Crippen molar-refractivity contribution in [2.24, 2.45) is 0 Å². The van der Waals surface area contributed by atoms with Gasteiger partial charge in [0.1, 0.15) is 5.57 Å². The van der Waals surface area contributed by atoms with E-state index in [-0.39, 0.29) is 10.7 Å². The number of carbonyl (C=O) groups is 2. The molecular weight excluding hydrogens is 308 g/mol. The quantitative estimate of drug-likeness (QED) is 0.525. The van der Waals surface area contributed by atoms with Gasteiger partial charge in [0.15, 0.2) is 5.11 Å². The second-order valence-electron chi connectivity index (χ2n) is 5.15. The van der Waals surface area contributed by atoms with Crippen molar-refractivity contribution in [1.29, 1.82) is 0 Å². The summed E-state index contributed by atoms with van der Waals surface area (Å²) < 4.78 is 0. The molecule has 1 aliphatic heterocycles. The van der Waals surface area contributed by atoms with Crippen molar-refractivity contribution >= 4 is 40.9 Å². The van der Waals surface area contributed by atoms with Gasteiger partial charge in [-0.2, -0.15) is 0 Å². The number of nitrogens with one attached hydrogen (secondary N) is 1. The predicted molar refractivity (Wildman–Crippen MR) is 93.8 cm³/mol. The van der Waals surface area contributed by atoms with E-state index in [1.807, 2.05) is 49.4 Å². The number of hydrogen-bond donors (Lipinski definition) is 1. The van der Waals surface area contributed by atoms with Gasteiger partial charge in [0.05, 0.1) is 5.69 Å². The van der Waals surface area contributed by atoms with Crippen LogP contribution in [0.15, 0.2) is 60.2 Å². The van der Waals surface area contributed by atoms with E-state index in [9.17, 15) is 9.59 Å². The average molecular weight is 322 g/mol. The summed E-state index contributed by atoms with van der Waals surface area (Å²) in [5.74, 6) is -0.899. The SMILES string of the molecule is Cc1ccccc1/C=C1\C(=O)NC(=S)N(c2ccccc2)C1=O. The zero-order chi connectivity index (χ0) is 16.4. The van der Waals surface area contributed by atoms with Crippen LogP contribution in [-0.2, 0) is 9.59 Å². The van der Waals surface area contributed by atoms with E-state index < -0.39 is 11.8 Å². The minimum atomic E-state index is -0.476. The van der Waals surface area contributed by atoms with Crippen molar-refractivity contribution in [3.63, 3.8) is 0 Å². The van der Waals surface area contributed by atoms with Crippen LogP contribution in [0, 0.1) is 6.92 Å². The topological polar surface area (TPSA) is 49.4 Å². The Morgan fingerprint density at radius 2 is 1.65 bits per heavy atom. The van der Waals surface area contributed by atoms with E-state index in [4.69, 9.17) is 12.2 Å². The van der Waals surface area contributed by atoms with Crippen LogP contribution in [0.4, 0.5) is 5.69 Å². The normalized spacial score (nSPS) is 16.7. The molecule has 1 saturated heterocycles. The van der Waals surface area contributed by atoms with E-state index in [0.717, 1.165) is 11.1 Å². The molecule has 0 bridgehead atoms. The van der Waals surface area contributed by atoms with Crippen molar-refractivity contribution in [3.05, 3.63) is 71.3 Å². The number of aryl methyl sites for hydroxylation is 1. The third kappa shape index (κ3) is 2.91. The first-order valence-corrected chi connectivity index (χ1v) is 7.51. The Labute approximate surface area is 139 Å². The molecule has 5 heteroatoms. The minimum absolute atomic E-state index is 0.0664. The van der Waals surface area contributed by atoms with Crippen LogP contribution >= 0.6 is 12.2 Å². The van der Waals surface area contributed by atoms with Gasteiger partial charge in [0, 0.05) is 0 Å². The Morgan fingerprint density at radius 3 is 2.35 bits per heavy atom. The monoisotopic (exact) mass is 322 g/mol. The summed E-state index contributed by atoms with van der Waals surface area (Å²) in [4.78, 5) is 26.3. The number of benzene rings is 2. The lowest BCUT2D eigenvalue weighted by Gasteiger charge is -2.28. The fourth-order valence-electron chi connectivity index (χ4n) is 2.37. The summed E-state index contributed by atoms with van der Waals surface area (Å²) in [6.45, 7) is 1.93. The molecule has 0 radical (unpaired) electrons. The van der Waals surface area contributed by atoms with Crippen LogP contribution in [-0.4, -0.2) is 16.9 Å². The number of para-hydroxylation sites is 1. The lowest BCUT2D eigenvalue weighted by atomic mass is 10.0. The summed E-state index contributed by atoms with van der Waals surface area (Å²) in [7, 11) is 0. The maximum atomic E-state index is 12.8. The number of hydrogen-bond acceptors (Lipinski definition) is 3. The van der Waals surface area contributed by atoms with Gasteiger partial charge < -0.3 is 0 Å². The Hall–Kier alpha value is -2.79. The van der Waals surface area contributed by atoms with Crippen LogP contribution < -0.4 is 10.2 Å². The molecule has 4 nitrogen and oxygen atoms in total. The third-order valence-corrected chi connectivity index (χ3v) is 3.89.